The summed E-state index contributed by atoms with van der Waals surface area (Å²) in [5.74, 6) is 4.71. The molecule has 0 fully saturated rings. The van der Waals surface area contributed by atoms with Crippen LogP contribution in [0.25, 0.3) is 0 Å². The van der Waals surface area contributed by atoms with Gasteiger partial charge in [0.25, 0.3) is 0 Å². The highest BCUT2D eigenvalue weighted by molar-refractivity contribution is 4.82. The first-order valence-electron chi connectivity index (χ1n) is 5.09. The average Bonchev–Trinajstić information content (AvgIpc) is 2.31. The first kappa shape index (κ1) is 15.0. The molecule has 0 bridgehead atoms. The van der Waals surface area contributed by atoms with Gasteiger partial charge < -0.3 is 18.9 Å². The molecule has 0 radical (unpaired) electrons. The lowest BCUT2D eigenvalue weighted by Crippen LogP contribution is -2.05. The summed E-state index contributed by atoms with van der Waals surface area (Å²) in [6, 6.07) is 0. The van der Waals surface area contributed by atoms with Crippen molar-refractivity contribution in [3.63, 3.8) is 0 Å². The predicted molar refractivity (Wildman–Crippen MR) is 60.4 cm³/mol. The van der Waals surface area contributed by atoms with Crippen molar-refractivity contribution in [3.05, 3.63) is 0 Å². The zero-order valence-corrected chi connectivity index (χ0v) is 9.44. The molecule has 16 heavy (non-hydrogen) atoms. The molecule has 0 aromatic rings. The first-order chi connectivity index (χ1) is 7.91. The van der Waals surface area contributed by atoms with Crippen LogP contribution in [-0.2, 0) is 18.9 Å². The minimum absolute atomic E-state index is 0.246. The third-order valence-corrected chi connectivity index (χ3v) is 1.53. The maximum atomic E-state index is 5.15. The van der Waals surface area contributed by atoms with E-state index in [9.17, 15) is 0 Å². The van der Waals surface area contributed by atoms with Gasteiger partial charge in [-0.25, -0.2) is 0 Å². The van der Waals surface area contributed by atoms with Gasteiger partial charge in [-0.2, -0.15) is 0 Å². The lowest BCUT2D eigenvalue weighted by molar-refractivity contribution is -0.0549. The summed E-state index contributed by atoms with van der Waals surface area (Å²) in [5.41, 5.74) is 0. The Hall–Kier alpha value is -1.04. The molecule has 0 aromatic heterocycles. The van der Waals surface area contributed by atoms with E-state index >= 15 is 0 Å². The lowest BCUT2D eigenvalue weighted by Gasteiger charge is -2.04. The molecule has 4 nitrogen and oxygen atoms in total. The number of hydrogen-bond acceptors (Lipinski definition) is 4. The number of hydrogen-bond donors (Lipinski definition) is 0. The predicted octanol–water partition coefficient (Wildman–Crippen LogP) is 1.01. The van der Waals surface area contributed by atoms with Crippen LogP contribution in [0.1, 0.15) is 12.8 Å². The standard InChI is InChI=1S/C12H18O4/c1-3-7-13-11-15-9-5-6-10-16-12-14-8-4-2/h1-2H,5-12H2. The molecule has 0 N–H and O–H groups in total. The van der Waals surface area contributed by atoms with Crippen molar-refractivity contribution in [2.24, 2.45) is 0 Å². The Morgan fingerprint density at radius 1 is 0.688 bits per heavy atom. The van der Waals surface area contributed by atoms with E-state index in [1.807, 2.05) is 0 Å². The Balaban J connectivity index is 2.89. The maximum absolute atomic E-state index is 5.15. The van der Waals surface area contributed by atoms with E-state index in [-0.39, 0.29) is 26.8 Å². The Morgan fingerprint density at radius 2 is 1.12 bits per heavy atom. The van der Waals surface area contributed by atoms with Crippen LogP contribution in [0.3, 0.4) is 0 Å². The van der Waals surface area contributed by atoms with Gasteiger partial charge in [0.1, 0.15) is 26.8 Å². The van der Waals surface area contributed by atoms with E-state index in [2.05, 4.69) is 11.8 Å². The largest absolute Gasteiger partial charge is 0.355 e. The summed E-state index contributed by atoms with van der Waals surface area (Å²) in [4.78, 5) is 0. The molecule has 90 valence electrons. The number of ether oxygens (including phenoxy) is 4. The van der Waals surface area contributed by atoms with E-state index in [0.717, 1.165) is 12.8 Å². The maximum Gasteiger partial charge on any atom is 0.148 e. The van der Waals surface area contributed by atoms with Crippen LogP contribution in [0.15, 0.2) is 0 Å². The first-order valence-corrected chi connectivity index (χ1v) is 5.09. The molecular formula is C12H18O4. The van der Waals surface area contributed by atoms with E-state index in [1.54, 1.807) is 0 Å². The molecule has 4 heteroatoms. The van der Waals surface area contributed by atoms with Crippen molar-refractivity contribution in [2.45, 2.75) is 12.8 Å². The third kappa shape index (κ3) is 13.0. The van der Waals surface area contributed by atoms with Gasteiger partial charge >= 0.3 is 0 Å². The fourth-order valence-corrected chi connectivity index (χ4v) is 0.845. The molecule has 0 aliphatic carbocycles. The Bertz CT molecular complexity index is 190. The van der Waals surface area contributed by atoms with Gasteiger partial charge in [0.05, 0.1) is 0 Å². The van der Waals surface area contributed by atoms with E-state index in [4.69, 9.17) is 31.8 Å². The summed E-state index contributed by atoms with van der Waals surface area (Å²) >= 11 is 0. The van der Waals surface area contributed by atoms with Crippen molar-refractivity contribution in [1.29, 1.82) is 0 Å². The summed E-state index contributed by atoms with van der Waals surface area (Å²) in [6.45, 7) is 2.34. The van der Waals surface area contributed by atoms with Crippen molar-refractivity contribution < 1.29 is 18.9 Å². The summed E-state index contributed by atoms with van der Waals surface area (Å²) in [5, 5.41) is 0. The molecule has 0 atom stereocenters. The Kier molecular flexibility index (Phi) is 13.1. The number of unbranched alkanes of at least 4 members (excludes halogenated alkanes) is 1. The van der Waals surface area contributed by atoms with Gasteiger partial charge in [-0.05, 0) is 12.8 Å². The van der Waals surface area contributed by atoms with Gasteiger partial charge in [-0.3, -0.25) is 0 Å². The zero-order chi connectivity index (χ0) is 11.9. The molecule has 0 spiro atoms. The van der Waals surface area contributed by atoms with E-state index in [1.165, 1.54) is 0 Å². The topological polar surface area (TPSA) is 36.9 Å². The second-order valence-corrected chi connectivity index (χ2v) is 2.86. The molecule has 0 saturated carbocycles. The van der Waals surface area contributed by atoms with Crippen molar-refractivity contribution >= 4 is 0 Å². The van der Waals surface area contributed by atoms with Crippen molar-refractivity contribution in [3.8, 4) is 24.7 Å². The Labute approximate surface area is 97.2 Å². The molecule has 0 aromatic carbocycles. The molecule has 0 saturated heterocycles. The summed E-state index contributed by atoms with van der Waals surface area (Å²) < 4.78 is 20.2. The number of rotatable bonds is 11. The number of terminal acetylenes is 2. The van der Waals surface area contributed by atoms with Crippen molar-refractivity contribution in [1.82, 2.24) is 0 Å². The highest BCUT2D eigenvalue weighted by Crippen LogP contribution is 1.92. The smallest absolute Gasteiger partial charge is 0.148 e. The van der Waals surface area contributed by atoms with Crippen LogP contribution in [-0.4, -0.2) is 40.0 Å². The van der Waals surface area contributed by atoms with Gasteiger partial charge in [0, 0.05) is 13.2 Å². The van der Waals surface area contributed by atoms with Crippen LogP contribution in [0.5, 0.6) is 0 Å². The average molecular weight is 226 g/mol. The zero-order valence-electron chi connectivity index (χ0n) is 9.44. The van der Waals surface area contributed by atoms with E-state index in [0.29, 0.717) is 13.2 Å². The fraction of sp³-hybridized carbons (Fsp3) is 0.667. The molecule has 0 unspecified atom stereocenters. The molecule has 0 amide bonds. The second kappa shape index (κ2) is 14.0. The lowest BCUT2D eigenvalue weighted by atomic mass is 10.3. The third-order valence-electron chi connectivity index (χ3n) is 1.53. The minimum atomic E-state index is 0.246. The quantitative estimate of drug-likeness (QED) is 0.299. The molecule has 0 aliphatic rings. The summed E-state index contributed by atoms with van der Waals surface area (Å²) in [6.07, 6.45) is 11.8. The molecule has 0 heterocycles. The van der Waals surface area contributed by atoms with Gasteiger partial charge in [0.2, 0.25) is 0 Å². The molecule has 0 rings (SSSR count). The van der Waals surface area contributed by atoms with Gasteiger partial charge in [-0.15, -0.1) is 12.8 Å². The van der Waals surface area contributed by atoms with Crippen LogP contribution in [0.4, 0.5) is 0 Å². The highest BCUT2D eigenvalue weighted by atomic mass is 16.7. The van der Waals surface area contributed by atoms with Crippen LogP contribution in [0, 0.1) is 24.7 Å². The molecule has 0 aliphatic heterocycles. The molecular weight excluding hydrogens is 208 g/mol. The van der Waals surface area contributed by atoms with Gasteiger partial charge in [-0.1, -0.05) is 11.8 Å². The SMILES string of the molecule is C#CCOCOCCCCOCOCC#C. The van der Waals surface area contributed by atoms with Crippen LogP contribution >= 0.6 is 0 Å². The second-order valence-electron chi connectivity index (χ2n) is 2.86. The fourth-order valence-electron chi connectivity index (χ4n) is 0.845. The van der Waals surface area contributed by atoms with E-state index < -0.39 is 0 Å². The van der Waals surface area contributed by atoms with Crippen LogP contribution in [0.2, 0.25) is 0 Å². The normalized spacial score (nSPS) is 9.62. The minimum Gasteiger partial charge on any atom is -0.355 e. The van der Waals surface area contributed by atoms with Crippen molar-refractivity contribution in [2.75, 3.05) is 40.0 Å². The van der Waals surface area contributed by atoms with Gasteiger partial charge in [0.15, 0.2) is 0 Å². The summed E-state index contributed by atoms with van der Waals surface area (Å²) in [7, 11) is 0. The highest BCUT2D eigenvalue weighted by Gasteiger charge is 1.91. The van der Waals surface area contributed by atoms with Crippen LogP contribution < -0.4 is 0 Å². The monoisotopic (exact) mass is 226 g/mol. The Morgan fingerprint density at radius 3 is 1.50 bits per heavy atom.